The van der Waals surface area contributed by atoms with Crippen LogP contribution in [0.25, 0.3) is 0 Å². The lowest BCUT2D eigenvalue weighted by molar-refractivity contribution is -0.147. The number of carboxylic acids is 1. The molecule has 0 saturated heterocycles. The molecule has 0 spiro atoms. The van der Waals surface area contributed by atoms with Crippen molar-refractivity contribution in [3.05, 3.63) is 23.8 Å². The molecule has 1 heterocycles. The molecule has 2 unspecified atom stereocenters. The van der Waals surface area contributed by atoms with Crippen molar-refractivity contribution in [1.82, 2.24) is 0 Å². The Morgan fingerprint density at radius 3 is 2.88 bits per heavy atom. The van der Waals surface area contributed by atoms with E-state index in [2.05, 4.69) is 26.1 Å². The first-order valence-electron chi connectivity index (χ1n) is 8.78. The smallest absolute Gasteiger partial charge is 0.334 e. The van der Waals surface area contributed by atoms with Gasteiger partial charge >= 0.3 is 11.9 Å². The van der Waals surface area contributed by atoms with Crippen molar-refractivity contribution in [3.63, 3.8) is 0 Å². The molecule has 0 aromatic heterocycles. The van der Waals surface area contributed by atoms with Crippen molar-refractivity contribution in [1.29, 1.82) is 0 Å². The number of hydrogen-bond donors (Lipinski definition) is 2. The number of hydrogen-bond acceptors (Lipinski definition) is 4. The van der Waals surface area contributed by atoms with E-state index in [1.54, 1.807) is 0 Å². The standard InChI is InChI=1S/C19H26O4S/c1-12-4-7-15-18(2,9-3-10-19(15,24)17(21)22)14(12)6-5-13-8-11-23-16(13)20/h8,14-15,24H,1,3-7,9-11H2,2H3,(H,21,22)/t14?,15?,18-,19-/m1/s1. The maximum Gasteiger partial charge on any atom is 0.334 e. The molecule has 0 radical (unpaired) electrons. The summed E-state index contributed by atoms with van der Waals surface area (Å²) in [6.45, 7) is 6.86. The van der Waals surface area contributed by atoms with Gasteiger partial charge in [0.1, 0.15) is 11.4 Å². The van der Waals surface area contributed by atoms with E-state index in [4.69, 9.17) is 4.74 Å². The Bertz CT molecular complexity index is 610. The number of carboxylic acid groups (broad SMARTS) is 1. The topological polar surface area (TPSA) is 63.6 Å². The summed E-state index contributed by atoms with van der Waals surface area (Å²) in [5.74, 6) is -0.734. The van der Waals surface area contributed by atoms with Crippen LogP contribution in [0.2, 0.25) is 0 Å². The number of carbonyl (C=O) groups excluding carboxylic acids is 1. The van der Waals surface area contributed by atoms with Crippen LogP contribution in [0.3, 0.4) is 0 Å². The fourth-order valence-electron chi connectivity index (χ4n) is 5.28. The molecular weight excluding hydrogens is 324 g/mol. The molecule has 0 aromatic carbocycles. The van der Waals surface area contributed by atoms with E-state index in [1.807, 2.05) is 6.08 Å². The van der Waals surface area contributed by atoms with Crippen molar-refractivity contribution < 1.29 is 19.4 Å². The summed E-state index contributed by atoms with van der Waals surface area (Å²) in [6, 6.07) is 0. The average molecular weight is 350 g/mol. The quantitative estimate of drug-likeness (QED) is 0.460. The van der Waals surface area contributed by atoms with Gasteiger partial charge in [-0.25, -0.2) is 4.79 Å². The first-order valence-corrected chi connectivity index (χ1v) is 9.23. The zero-order chi connectivity index (χ0) is 17.5. The Balaban J connectivity index is 1.83. The van der Waals surface area contributed by atoms with Gasteiger partial charge in [0.15, 0.2) is 0 Å². The first kappa shape index (κ1) is 17.6. The summed E-state index contributed by atoms with van der Waals surface area (Å²) in [6.07, 6.45) is 7.55. The minimum absolute atomic E-state index is 0.0413. The van der Waals surface area contributed by atoms with E-state index < -0.39 is 10.7 Å². The van der Waals surface area contributed by atoms with Crippen molar-refractivity contribution in [3.8, 4) is 0 Å². The zero-order valence-electron chi connectivity index (χ0n) is 14.2. The lowest BCUT2D eigenvalue weighted by atomic mass is 9.50. The molecule has 5 heteroatoms. The van der Waals surface area contributed by atoms with Gasteiger partial charge in [0.25, 0.3) is 0 Å². The molecule has 4 atom stereocenters. The van der Waals surface area contributed by atoms with Crippen LogP contribution in [0, 0.1) is 17.3 Å². The summed E-state index contributed by atoms with van der Waals surface area (Å²) >= 11 is 4.65. The Kier molecular flexibility index (Phi) is 4.58. The number of fused-ring (bicyclic) bond motifs is 1. The summed E-state index contributed by atoms with van der Waals surface area (Å²) < 4.78 is 4.04. The maximum absolute atomic E-state index is 11.9. The number of rotatable bonds is 4. The molecule has 1 N–H and O–H groups in total. The molecule has 4 nitrogen and oxygen atoms in total. The molecule has 2 fully saturated rings. The van der Waals surface area contributed by atoms with Crippen molar-refractivity contribution >= 4 is 24.6 Å². The number of carbonyl (C=O) groups is 2. The Hall–Kier alpha value is -1.23. The van der Waals surface area contributed by atoms with Crippen LogP contribution in [-0.4, -0.2) is 28.4 Å². The molecule has 3 aliphatic rings. The van der Waals surface area contributed by atoms with E-state index >= 15 is 0 Å². The van der Waals surface area contributed by atoms with Gasteiger partial charge in [0, 0.05) is 5.57 Å². The molecule has 24 heavy (non-hydrogen) atoms. The average Bonchev–Trinajstić information content (AvgIpc) is 2.91. The number of ether oxygens (including phenoxy) is 1. The van der Waals surface area contributed by atoms with E-state index in [-0.39, 0.29) is 23.2 Å². The number of thiol groups is 1. The first-order chi connectivity index (χ1) is 11.3. The lowest BCUT2D eigenvalue weighted by Gasteiger charge is -2.56. The van der Waals surface area contributed by atoms with Gasteiger partial charge < -0.3 is 9.84 Å². The SMILES string of the molecule is C=C1CCC2[C@](C)(CCC[C@]2(S)C(=O)O)C1CCC1=CCOC1=O. The van der Waals surface area contributed by atoms with Crippen LogP contribution >= 0.6 is 12.6 Å². The number of cyclic esters (lactones) is 1. The summed E-state index contributed by atoms with van der Waals surface area (Å²) in [5.41, 5.74) is 1.83. The van der Waals surface area contributed by atoms with E-state index in [9.17, 15) is 14.7 Å². The van der Waals surface area contributed by atoms with Crippen LogP contribution in [0.1, 0.15) is 51.9 Å². The second-order valence-corrected chi connectivity index (χ2v) is 8.56. The Morgan fingerprint density at radius 1 is 1.50 bits per heavy atom. The van der Waals surface area contributed by atoms with Gasteiger partial charge in [0.2, 0.25) is 0 Å². The Labute approximate surface area is 148 Å². The third-order valence-corrected chi connectivity index (χ3v) is 7.29. The van der Waals surface area contributed by atoms with Crippen molar-refractivity contribution in [2.75, 3.05) is 6.61 Å². The zero-order valence-corrected chi connectivity index (χ0v) is 15.1. The van der Waals surface area contributed by atoms with E-state index in [1.165, 1.54) is 5.57 Å². The van der Waals surface area contributed by atoms with Crippen LogP contribution in [0.4, 0.5) is 0 Å². The number of allylic oxidation sites excluding steroid dienone is 1. The van der Waals surface area contributed by atoms with E-state index in [0.29, 0.717) is 19.4 Å². The maximum atomic E-state index is 11.9. The van der Waals surface area contributed by atoms with Crippen LogP contribution in [0.15, 0.2) is 23.8 Å². The molecule has 132 valence electrons. The van der Waals surface area contributed by atoms with Crippen LogP contribution in [-0.2, 0) is 14.3 Å². The van der Waals surface area contributed by atoms with Crippen molar-refractivity contribution in [2.45, 2.75) is 56.6 Å². The highest BCUT2D eigenvalue weighted by Gasteiger charge is 2.58. The highest BCUT2D eigenvalue weighted by Crippen LogP contribution is 2.61. The summed E-state index contributed by atoms with van der Waals surface area (Å²) in [4.78, 5) is 23.6. The molecule has 2 aliphatic carbocycles. The monoisotopic (exact) mass is 350 g/mol. The van der Waals surface area contributed by atoms with Crippen LogP contribution in [0.5, 0.6) is 0 Å². The molecule has 0 bridgehead atoms. The van der Waals surface area contributed by atoms with Gasteiger partial charge in [-0.15, -0.1) is 0 Å². The van der Waals surface area contributed by atoms with Gasteiger partial charge in [-0.05, 0) is 61.9 Å². The van der Waals surface area contributed by atoms with Crippen LogP contribution < -0.4 is 0 Å². The number of esters is 1. The highest BCUT2D eigenvalue weighted by molar-refractivity contribution is 7.82. The second kappa shape index (κ2) is 6.25. The minimum atomic E-state index is -0.947. The molecule has 3 rings (SSSR count). The predicted octanol–water partition coefficient (Wildman–Crippen LogP) is 3.78. The normalized spacial score (nSPS) is 39.2. The van der Waals surface area contributed by atoms with Crippen molar-refractivity contribution in [2.24, 2.45) is 17.3 Å². The van der Waals surface area contributed by atoms with E-state index in [0.717, 1.165) is 37.7 Å². The van der Waals surface area contributed by atoms with Gasteiger partial charge in [-0.3, -0.25) is 4.79 Å². The summed E-state index contributed by atoms with van der Waals surface area (Å²) in [5, 5.41) is 9.77. The molecule has 2 saturated carbocycles. The molecule has 1 aliphatic heterocycles. The highest BCUT2D eigenvalue weighted by atomic mass is 32.1. The predicted molar refractivity (Wildman–Crippen MR) is 94.9 cm³/mol. The lowest BCUT2D eigenvalue weighted by Crippen LogP contribution is -2.56. The fourth-order valence-corrected chi connectivity index (χ4v) is 5.86. The largest absolute Gasteiger partial charge is 0.480 e. The Morgan fingerprint density at radius 2 is 2.25 bits per heavy atom. The third-order valence-electron chi connectivity index (χ3n) is 6.57. The molecular formula is C19H26O4S. The fraction of sp³-hybridized carbons (Fsp3) is 0.684. The third kappa shape index (κ3) is 2.71. The van der Waals surface area contributed by atoms with Gasteiger partial charge in [-0.1, -0.05) is 25.5 Å². The molecule has 0 amide bonds. The van der Waals surface area contributed by atoms with Gasteiger partial charge in [0.05, 0.1) is 0 Å². The minimum Gasteiger partial charge on any atom is -0.480 e. The van der Waals surface area contributed by atoms with Gasteiger partial charge in [-0.2, -0.15) is 12.6 Å². The molecule has 0 aromatic rings. The second-order valence-electron chi connectivity index (χ2n) is 7.76. The number of aliphatic carboxylic acids is 1. The summed E-state index contributed by atoms with van der Waals surface area (Å²) in [7, 11) is 0.